The van der Waals surface area contributed by atoms with Crippen LogP contribution in [0.5, 0.6) is 0 Å². The molecule has 0 heterocycles. The van der Waals surface area contributed by atoms with Gasteiger partial charge in [-0.15, -0.1) is 0 Å². The van der Waals surface area contributed by atoms with Crippen molar-refractivity contribution in [1.29, 1.82) is 0 Å². The topological polar surface area (TPSA) is 41.1 Å². The zero-order chi connectivity index (χ0) is 8.69. The highest BCUT2D eigenvalue weighted by molar-refractivity contribution is 5.72. The normalized spacial score (nSPS) is 8.91. The SMILES string of the molecule is C=C(C)NCCCNC(C)=O. The molecule has 11 heavy (non-hydrogen) atoms. The van der Waals surface area contributed by atoms with E-state index in [0.717, 1.165) is 25.2 Å². The lowest BCUT2D eigenvalue weighted by Crippen LogP contribution is -2.24. The molecule has 0 spiro atoms. The van der Waals surface area contributed by atoms with Crippen LogP contribution in [-0.2, 0) is 4.79 Å². The van der Waals surface area contributed by atoms with Gasteiger partial charge < -0.3 is 10.6 Å². The molecule has 0 fully saturated rings. The minimum Gasteiger partial charge on any atom is -0.389 e. The van der Waals surface area contributed by atoms with Crippen molar-refractivity contribution in [2.24, 2.45) is 0 Å². The van der Waals surface area contributed by atoms with Gasteiger partial charge in [-0.25, -0.2) is 0 Å². The molecule has 0 unspecified atom stereocenters. The Kier molecular flexibility index (Phi) is 5.25. The van der Waals surface area contributed by atoms with Crippen molar-refractivity contribution in [2.45, 2.75) is 20.3 Å². The third-order valence-corrected chi connectivity index (χ3v) is 1.15. The average Bonchev–Trinajstić information content (AvgIpc) is 1.85. The molecule has 0 aliphatic heterocycles. The number of hydrogen-bond donors (Lipinski definition) is 2. The second-order valence-corrected chi connectivity index (χ2v) is 2.54. The zero-order valence-electron chi connectivity index (χ0n) is 7.24. The molecule has 0 saturated carbocycles. The number of allylic oxidation sites excluding steroid dienone is 1. The van der Waals surface area contributed by atoms with Crippen LogP contribution in [0.2, 0.25) is 0 Å². The maximum atomic E-state index is 10.4. The summed E-state index contributed by atoms with van der Waals surface area (Å²) in [7, 11) is 0. The third-order valence-electron chi connectivity index (χ3n) is 1.15. The molecule has 0 rings (SSSR count). The molecule has 0 aliphatic carbocycles. The van der Waals surface area contributed by atoms with Gasteiger partial charge in [0.1, 0.15) is 0 Å². The van der Waals surface area contributed by atoms with E-state index in [1.54, 1.807) is 0 Å². The molecule has 0 aromatic rings. The minimum atomic E-state index is 0.0281. The minimum absolute atomic E-state index is 0.0281. The van der Waals surface area contributed by atoms with Gasteiger partial charge in [0.25, 0.3) is 0 Å². The molecule has 0 aliphatic rings. The first-order chi connectivity index (χ1) is 5.13. The Balaban J connectivity index is 3.03. The molecule has 0 aromatic carbocycles. The van der Waals surface area contributed by atoms with E-state index in [2.05, 4.69) is 17.2 Å². The summed E-state index contributed by atoms with van der Waals surface area (Å²) >= 11 is 0. The Morgan fingerprint density at radius 3 is 2.27 bits per heavy atom. The number of amides is 1. The average molecular weight is 156 g/mol. The summed E-state index contributed by atoms with van der Waals surface area (Å²) in [6.45, 7) is 8.73. The van der Waals surface area contributed by atoms with Gasteiger partial charge in [0.15, 0.2) is 0 Å². The standard InChI is InChI=1S/C8H16N2O/c1-7(2)9-5-4-6-10-8(3)11/h9H,1,4-6H2,2-3H3,(H,10,11). The molecule has 0 aromatic heterocycles. The molecule has 64 valence electrons. The second kappa shape index (κ2) is 5.77. The van der Waals surface area contributed by atoms with Crippen molar-refractivity contribution in [3.63, 3.8) is 0 Å². The van der Waals surface area contributed by atoms with Crippen molar-refractivity contribution in [3.8, 4) is 0 Å². The summed E-state index contributed by atoms with van der Waals surface area (Å²) in [5.74, 6) is 0.0281. The first-order valence-electron chi connectivity index (χ1n) is 3.76. The van der Waals surface area contributed by atoms with Crippen molar-refractivity contribution in [2.75, 3.05) is 13.1 Å². The smallest absolute Gasteiger partial charge is 0.216 e. The molecule has 3 heteroatoms. The number of hydrogen-bond acceptors (Lipinski definition) is 2. The monoisotopic (exact) mass is 156 g/mol. The fraction of sp³-hybridized carbons (Fsp3) is 0.625. The molecule has 0 atom stereocenters. The van der Waals surface area contributed by atoms with E-state index in [1.165, 1.54) is 6.92 Å². The van der Waals surface area contributed by atoms with Gasteiger partial charge in [-0.3, -0.25) is 4.79 Å². The van der Waals surface area contributed by atoms with Crippen LogP contribution in [0.1, 0.15) is 20.3 Å². The van der Waals surface area contributed by atoms with E-state index in [-0.39, 0.29) is 5.91 Å². The highest BCUT2D eigenvalue weighted by atomic mass is 16.1. The number of rotatable bonds is 5. The van der Waals surface area contributed by atoms with Crippen LogP contribution in [0, 0.1) is 0 Å². The van der Waals surface area contributed by atoms with E-state index in [4.69, 9.17) is 0 Å². The molecular weight excluding hydrogens is 140 g/mol. The van der Waals surface area contributed by atoms with Crippen LogP contribution in [0.15, 0.2) is 12.3 Å². The Morgan fingerprint density at radius 1 is 1.27 bits per heavy atom. The van der Waals surface area contributed by atoms with Crippen LogP contribution in [0.25, 0.3) is 0 Å². The van der Waals surface area contributed by atoms with Crippen molar-refractivity contribution in [1.82, 2.24) is 10.6 Å². The Bertz CT molecular complexity index is 127. The van der Waals surface area contributed by atoms with E-state index in [0.29, 0.717) is 0 Å². The predicted molar refractivity (Wildman–Crippen MR) is 46.1 cm³/mol. The molecule has 0 radical (unpaired) electrons. The summed E-state index contributed by atoms with van der Waals surface area (Å²) in [4.78, 5) is 10.4. The Labute approximate surface area is 67.9 Å². The molecule has 2 N–H and O–H groups in total. The van der Waals surface area contributed by atoms with E-state index in [9.17, 15) is 4.79 Å². The summed E-state index contributed by atoms with van der Waals surface area (Å²) in [6.07, 6.45) is 0.937. The lowest BCUT2D eigenvalue weighted by atomic mass is 10.4. The van der Waals surface area contributed by atoms with Gasteiger partial charge in [0.05, 0.1) is 0 Å². The summed E-state index contributed by atoms with van der Waals surface area (Å²) < 4.78 is 0. The summed E-state index contributed by atoms with van der Waals surface area (Å²) in [5, 5.41) is 5.78. The zero-order valence-corrected chi connectivity index (χ0v) is 7.24. The fourth-order valence-electron chi connectivity index (χ4n) is 0.655. The maximum absolute atomic E-state index is 10.4. The summed E-state index contributed by atoms with van der Waals surface area (Å²) in [5.41, 5.74) is 0.966. The van der Waals surface area contributed by atoms with Crippen LogP contribution in [0.4, 0.5) is 0 Å². The van der Waals surface area contributed by atoms with Gasteiger partial charge in [0, 0.05) is 25.7 Å². The van der Waals surface area contributed by atoms with E-state index in [1.807, 2.05) is 6.92 Å². The third kappa shape index (κ3) is 9.01. The van der Waals surface area contributed by atoms with E-state index < -0.39 is 0 Å². The molecule has 1 amide bonds. The highest BCUT2D eigenvalue weighted by Gasteiger charge is 1.89. The van der Waals surface area contributed by atoms with Gasteiger partial charge in [-0.1, -0.05) is 6.58 Å². The second-order valence-electron chi connectivity index (χ2n) is 2.54. The Morgan fingerprint density at radius 2 is 1.82 bits per heavy atom. The van der Waals surface area contributed by atoms with Gasteiger partial charge in [-0.2, -0.15) is 0 Å². The quantitative estimate of drug-likeness (QED) is 0.573. The van der Waals surface area contributed by atoms with Crippen molar-refractivity contribution < 1.29 is 4.79 Å². The lowest BCUT2D eigenvalue weighted by Gasteiger charge is -2.04. The largest absolute Gasteiger partial charge is 0.389 e. The molecule has 0 saturated heterocycles. The van der Waals surface area contributed by atoms with Gasteiger partial charge in [0.2, 0.25) is 5.91 Å². The van der Waals surface area contributed by atoms with Gasteiger partial charge >= 0.3 is 0 Å². The van der Waals surface area contributed by atoms with Crippen molar-refractivity contribution in [3.05, 3.63) is 12.3 Å². The van der Waals surface area contributed by atoms with Gasteiger partial charge in [-0.05, 0) is 13.3 Å². The number of nitrogens with one attached hydrogen (secondary N) is 2. The fourth-order valence-corrected chi connectivity index (χ4v) is 0.655. The van der Waals surface area contributed by atoms with Crippen molar-refractivity contribution >= 4 is 5.91 Å². The highest BCUT2D eigenvalue weighted by Crippen LogP contribution is 1.79. The molecule has 3 nitrogen and oxygen atoms in total. The first kappa shape index (κ1) is 10.0. The maximum Gasteiger partial charge on any atom is 0.216 e. The van der Waals surface area contributed by atoms with E-state index >= 15 is 0 Å². The summed E-state index contributed by atoms with van der Waals surface area (Å²) in [6, 6.07) is 0. The lowest BCUT2D eigenvalue weighted by molar-refractivity contribution is -0.118. The van der Waals surface area contributed by atoms with Crippen LogP contribution in [0.3, 0.4) is 0 Å². The van der Waals surface area contributed by atoms with Crippen LogP contribution >= 0.6 is 0 Å². The number of carbonyl (C=O) groups is 1. The molecule has 0 bridgehead atoms. The Hall–Kier alpha value is -0.990. The first-order valence-corrected chi connectivity index (χ1v) is 3.76. The predicted octanol–water partition coefficient (Wildman–Crippen LogP) is 0.636. The molecular formula is C8H16N2O. The van der Waals surface area contributed by atoms with Crippen LogP contribution < -0.4 is 10.6 Å². The van der Waals surface area contributed by atoms with Crippen LogP contribution in [-0.4, -0.2) is 19.0 Å². The number of carbonyl (C=O) groups excluding carboxylic acids is 1.